The standard InChI is InChI=1S/C10H15NO2/c1-2-12-10(7-11)6-5-8-3-4-9(10)13-8/h8-9H,2-6H2,1H3. The van der Waals surface area contributed by atoms with E-state index < -0.39 is 5.60 Å². The van der Waals surface area contributed by atoms with Crippen molar-refractivity contribution < 1.29 is 9.47 Å². The molecule has 2 heterocycles. The Morgan fingerprint density at radius 3 is 3.08 bits per heavy atom. The topological polar surface area (TPSA) is 42.2 Å². The first-order valence-electron chi connectivity index (χ1n) is 5.01. The van der Waals surface area contributed by atoms with Gasteiger partial charge in [-0.2, -0.15) is 5.26 Å². The van der Waals surface area contributed by atoms with Crippen LogP contribution in [0.25, 0.3) is 0 Å². The molecule has 0 saturated carbocycles. The zero-order chi connectivity index (χ0) is 9.31. The maximum absolute atomic E-state index is 9.14. The predicted octanol–water partition coefficient (Wildman–Crippen LogP) is 1.63. The van der Waals surface area contributed by atoms with E-state index in [1.54, 1.807) is 0 Å². The van der Waals surface area contributed by atoms with Gasteiger partial charge >= 0.3 is 0 Å². The Bertz CT molecular complexity index is 236. The lowest BCUT2D eigenvalue weighted by Crippen LogP contribution is -2.47. The van der Waals surface area contributed by atoms with Gasteiger partial charge in [0.1, 0.15) is 12.2 Å². The molecule has 3 heteroatoms. The Morgan fingerprint density at radius 1 is 1.54 bits per heavy atom. The van der Waals surface area contributed by atoms with Gasteiger partial charge in [0, 0.05) is 6.61 Å². The first kappa shape index (κ1) is 8.98. The van der Waals surface area contributed by atoms with Crippen LogP contribution in [0.2, 0.25) is 0 Å². The molecule has 2 fully saturated rings. The summed E-state index contributed by atoms with van der Waals surface area (Å²) in [6.45, 7) is 2.53. The summed E-state index contributed by atoms with van der Waals surface area (Å²) in [7, 11) is 0. The lowest BCUT2D eigenvalue weighted by Gasteiger charge is -2.36. The predicted molar refractivity (Wildman–Crippen MR) is 47.1 cm³/mol. The van der Waals surface area contributed by atoms with E-state index in [-0.39, 0.29) is 6.10 Å². The quantitative estimate of drug-likeness (QED) is 0.650. The molecule has 2 aliphatic rings. The molecular formula is C10H15NO2. The summed E-state index contributed by atoms with van der Waals surface area (Å²) in [4.78, 5) is 0. The summed E-state index contributed by atoms with van der Waals surface area (Å²) in [5.74, 6) is 0. The largest absolute Gasteiger partial charge is 0.371 e. The smallest absolute Gasteiger partial charge is 0.180 e. The van der Waals surface area contributed by atoms with Gasteiger partial charge in [-0.15, -0.1) is 0 Å². The highest BCUT2D eigenvalue weighted by molar-refractivity contribution is 5.12. The fourth-order valence-electron chi connectivity index (χ4n) is 2.38. The molecule has 0 spiro atoms. The van der Waals surface area contributed by atoms with Crippen LogP contribution in [0.3, 0.4) is 0 Å². The molecule has 0 aliphatic carbocycles. The van der Waals surface area contributed by atoms with E-state index >= 15 is 0 Å². The minimum atomic E-state index is -0.637. The van der Waals surface area contributed by atoms with Gasteiger partial charge in [0.05, 0.1) is 6.10 Å². The molecule has 0 N–H and O–H groups in total. The summed E-state index contributed by atoms with van der Waals surface area (Å²) in [5, 5.41) is 9.14. The van der Waals surface area contributed by atoms with E-state index in [4.69, 9.17) is 14.7 Å². The van der Waals surface area contributed by atoms with Crippen LogP contribution in [0.15, 0.2) is 0 Å². The van der Waals surface area contributed by atoms with Crippen molar-refractivity contribution in [3.63, 3.8) is 0 Å². The van der Waals surface area contributed by atoms with Crippen LogP contribution in [0, 0.1) is 11.3 Å². The minimum Gasteiger partial charge on any atom is -0.371 e. The first-order chi connectivity index (χ1) is 6.30. The molecule has 3 nitrogen and oxygen atoms in total. The van der Waals surface area contributed by atoms with E-state index in [0.29, 0.717) is 12.7 Å². The molecule has 3 atom stereocenters. The van der Waals surface area contributed by atoms with Crippen molar-refractivity contribution in [2.24, 2.45) is 0 Å². The van der Waals surface area contributed by atoms with E-state index in [1.807, 2.05) is 6.92 Å². The second kappa shape index (κ2) is 3.28. The highest BCUT2D eigenvalue weighted by atomic mass is 16.6. The van der Waals surface area contributed by atoms with E-state index in [2.05, 4.69) is 6.07 Å². The molecule has 72 valence electrons. The number of hydrogen-bond donors (Lipinski definition) is 0. The molecule has 0 aromatic rings. The summed E-state index contributed by atoms with van der Waals surface area (Å²) >= 11 is 0. The molecule has 0 aromatic heterocycles. The Hall–Kier alpha value is -0.590. The lowest BCUT2D eigenvalue weighted by molar-refractivity contribution is -0.142. The zero-order valence-corrected chi connectivity index (χ0v) is 7.95. The molecule has 0 radical (unpaired) electrons. The fraction of sp³-hybridized carbons (Fsp3) is 0.900. The molecule has 13 heavy (non-hydrogen) atoms. The second-order valence-electron chi connectivity index (χ2n) is 3.80. The van der Waals surface area contributed by atoms with Crippen molar-refractivity contribution in [3.8, 4) is 6.07 Å². The summed E-state index contributed by atoms with van der Waals surface area (Å²) in [5.41, 5.74) is -0.637. The number of nitrogens with zero attached hydrogens (tertiary/aromatic N) is 1. The first-order valence-corrected chi connectivity index (χ1v) is 5.01. The maximum atomic E-state index is 9.14. The summed E-state index contributed by atoms with van der Waals surface area (Å²) < 4.78 is 11.3. The van der Waals surface area contributed by atoms with E-state index in [1.165, 1.54) is 0 Å². The Morgan fingerprint density at radius 2 is 2.38 bits per heavy atom. The molecule has 2 saturated heterocycles. The molecule has 0 amide bonds. The highest BCUT2D eigenvalue weighted by Crippen LogP contribution is 2.40. The number of ether oxygens (including phenoxy) is 2. The van der Waals surface area contributed by atoms with Gasteiger partial charge in [0.2, 0.25) is 0 Å². The highest BCUT2D eigenvalue weighted by Gasteiger charge is 2.49. The molecule has 3 unspecified atom stereocenters. The van der Waals surface area contributed by atoms with Crippen LogP contribution in [0.1, 0.15) is 32.6 Å². The molecule has 2 rings (SSSR count). The number of fused-ring (bicyclic) bond motifs is 2. The summed E-state index contributed by atoms with van der Waals surface area (Å²) in [6, 6.07) is 2.30. The lowest BCUT2D eigenvalue weighted by atomic mass is 9.91. The third-order valence-corrected chi connectivity index (χ3v) is 3.06. The van der Waals surface area contributed by atoms with Crippen molar-refractivity contribution in [1.29, 1.82) is 5.26 Å². The van der Waals surface area contributed by atoms with Gasteiger partial charge in [0.15, 0.2) is 5.60 Å². The normalized spacial score (nSPS) is 43.1. The van der Waals surface area contributed by atoms with Crippen LogP contribution in [-0.2, 0) is 9.47 Å². The third-order valence-electron chi connectivity index (χ3n) is 3.06. The monoisotopic (exact) mass is 181 g/mol. The van der Waals surface area contributed by atoms with Crippen molar-refractivity contribution in [2.75, 3.05) is 6.61 Å². The van der Waals surface area contributed by atoms with Crippen molar-refractivity contribution in [2.45, 2.75) is 50.4 Å². The van der Waals surface area contributed by atoms with Crippen molar-refractivity contribution in [3.05, 3.63) is 0 Å². The second-order valence-corrected chi connectivity index (χ2v) is 3.80. The number of hydrogen-bond acceptors (Lipinski definition) is 3. The van der Waals surface area contributed by atoms with Crippen LogP contribution in [0.5, 0.6) is 0 Å². The average molecular weight is 181 g/mol. The van der Waals surface area contributed by atoms with Crippen molar-refractivity contribution >= 4 is 0 Å². The van der Waals surface area contributed by atoms with Crippen LogP contribution >= 0.6 is 0 Å². The molecular weight excluding hydrogens is 166 g/mol. The average Bonchev–Trinajstić information content (AvgIpc) is 2.56. The van der Waals surface area contributed by atoms with Gasteiger partial charge in [-0.25, -0.2) is 0 Å². The molecule has 2 bridgehead atoms. The number of nitriles is 1. The zero-order valence-electron chi connectivity index (χ0n) is 7.95. The summed E-state index contributed by atoms with van der Waals surface area (Å²) in [6.07, 6.45) is 4.32. The van der Waals surface area contributed by atoms with Crippen LogP contribution < -0.4 is 0 Å². The van der Waals surface area contributed by atoms with Gasteiger partial charge in [-0.3, -0.25) is 0 Å². The Balaban J connectivity index is 2.15. The number of rotatable bonds is 2. The van der Waals surface area contributed by atoms with Crippen LogP contribution in [-0.4, -0.2) is 24.4 Å². The Labute approximate surface area is 78.6 Å². The van der Waals surface area contributed by atoms with Gasteiger partial charge in [-0.1, -0.05) is 0 Å². The van der Waals surface area contributed by atoms with E-state index in [0.717, 1.165) is 25.7 Å². The third kappa shape index (κ3) is 1.34. The Kier molecular flexibility index (Phi) is 2.27. The van der Waals surface area contributed by atoms with Crippen LogP contribution in [0.4, 0.5) is 0 Å². The van der Waals surface area contributed by atoms with Gasteiger partial charge in [-0.05, 0) is 32.6 Å². The van der Waals surface area contributed by atoms with Gasteiger partial charge < -0.3 is 9.47 Å². The fourth-order valence-corrected chi connectivity index (χ4v) is 2.38. The SMILES string of the molecule is CCOC1(C#N)CCC2CCC1O2. The van der Waals surface area contributed by atoms with E-state index in [9.17, 15) is 0 Å². The molecule has 2 aliphatic heterocycles. The molecule has 0 aromatic carbocycles. The maximum Gasteiger partial charge on any atom is 0.180 e. The minimum absolute atomic E-state index is 0.0243. The van der Waals surface area contributed by atoms with Gasteiger partial charge in [0.25, 0.3) is 0 Å². The van der Waals surface area contributed by atoms with Crippen molar-refractivity contribution in [1.82, 2.24) is 0 Å².